The average molecular weight is 473 g/mol. The molecular weight excluding hydrogens is 447 g/mol. The summed E-state index contributed by atoms with van der Waals surface area (Å²) in [6.45, 7) is 0.475. The number of imidazole rings is 1. The van der Waals surface area contributed by atoms with Gasteiger partial charge < -0.3 is 15.2 Å². The lowest BCUT2D eigenvalue weighted by molar-refractivity contribution is 0.0938. The van der Waals surface area contributed by atoms with Crippen LogP contribution in [0.4, 0.5) is 10.2 Å². The van der Waals surface area contributed by atoms with Crippen molar-refractivity contribution in [2.75, 3.05) is 11.4 Å². The number of benzene rings is 1. The van der Waals surface area contributed by atoms with Crippen LogP contribution in [0.25, 0.3) is 5.65 Å². The van der Waals surface area contributed by atoms with Gasteiger partial charge in [-0.25, -0.2) is 13.9 Å². The predicted octanol–water partition coefficient (Wildman–Crippen LogP) is 3.19. The fraction of sp³-hybridized carbons (Fsp3) is 0.308. The van der Waals surface area contributed by atoms with Crippen molar-refractivity contribution in [3.63, 3.8) is 0 Å². The molecule has 0 spiro atoms. The molecule has 178 valence electrons. The molecule has 0 saturated carbocycles. The second kappa shape index (κ2) is 8.65. The zero-order valence-electron chi connectivity index (χ0n) is 19.1. The number of halogens is 1. The summed E-state index contributed by atoms with van der Waals surface area (Å²) in [5, 5.41) is 7.72. The Balaban J connectivity index is 1.29. The lowest BCUT2D eigenvalue weighted by Gasteiger charge is -2.25. The first kappa shape index (κ1) is 21.5. The molecule has 2 atom stereocenters. The average Bonchev–Trinajstić information content (AvgIpc) is 3.50. The van der Waals surface area contributed by atoms with Gasteiger partial charge in [0.05, 0.1) is 6.04 Å². The van der Waals surface area contributed by atoms with E-state index in [2.05, 4.69) is 25.3 Å². The number of H-pyrrole nitrogens is 1. The number of anilines is 1. The van der Waals surface area contributed by atoms with E-state index in [4.69, 9.17) is 0 Å². The molecule has 4 heterocycles. The largest absolute Gasteiger partial charge is 0.347 e. The van der Waals surface area contributed by atoms with Crippen LogP contribution in [0.2, 0.25) is 0 Å². The van der Waals surface area contributed by atoms with Crippen LogP contribution in [-0.4, -0.2) is 38.1 Å². The minimum Gasteiger partial charge on any atom is -0.347 e. The molecule has 8 nitrogen and oxygen atoms in total. The van der Waals surface area contributed by atoms with E-state index in [1.54, 1.807) is 29.0 Å². The minimum atomic E-state index is -0.387. The third-order valence-electron chi connectivity index (χ3n) is 6.99. The molecular formula is C26H25FN6O2. The van der Waals surface area contributed by atoms with Gasteiger partial charge in [0.1, 0.15) is 17.2 Å². The fourth-order valence-corrected chi connectivity index (χ4v) is 5.29. The van der Waals surface area contributed by atoms with Crippen molar-refractivity contribution in [3.05, 3.63) is 93.4 Å². The summed E-state index contributed by atoms with van der Waals surface area (Å²) in [6, 6.07) is 11.6. The number of carbonyl (C=O) groups excluding carboxylic acids is 1. The summed E-state index contributed by atoms with van der Waals surface area (Å²) < 4.78 is 15.8. The Morgan fingerprint density at radius 2 is 2.03 bits per heavy atom. The number of aryl methyl sites for hydroxylation is 2. The van der Waals surface area contributed by atoms with Crippen LogP contribution in [0.3, 0.4) is 0 Å². The first-order chi connectivity index (χ1) is 17.0. The zero-order chi connectivity index (χ0) is 23.9. The van der Waals surface area contributed by atoms with Gasteiger partial charge in [0.2, 0.25) is 0 Å². The van der Waals surface area contributed by atoms with E-state index >= 15 is 0 Å². The van der Waals surface area contributed by atoms with Gasteiger partial charge in [0.15, 0.2) is 5.65 Å². The Kier molecular flexibility index (Phi) is 5.32. The monoisotopic (exact) mass is 472 g/mol. The number of nitrogens with zero attached hydrogens (tertiary/aromatic N) is 4. The van der Waals surface area contributed by atoms with Gasteiger partial charge in [0, 0.05) is 30.7 Å². The van der Waals surface area contributed by atoms with Crippen LogP contribution in [0.15, 0.2) is 59.7 Å². The number of hydrogen-bond acceptors (Lipinski definition) is 5. The van der Waals surface area contributed by atoms with Gasteiger partial charge in [-0.3, -0.25) is 9.59 Å². The highest BCUT2D eigenvalue weighted by atomic mass is 19.1. The lowest BCUT2D eigenvalue weighted by atomic mass is 9.95. The number of hydrogen-bond donors (Lipinski definition) is 2. The molecule has 2 N–H and O–H groups in total. The highest BCUT2D eigenvalue weighted by molar-refractivity contribution is 5.94. The molecule has 3 aromatic heterocycles. The van der Waals surface area contributed by atoms with Crippen LogP contribution in [0.1, 0.15) is 52.5 Å². The van der Waals surface area contributed by atoms with Crippen molar-refractivity contribution < 1.29 is 9.18 Å². The number of aromatic amines is 1. The van der Waals surface area contributed by atoms with Crippen LogP contribution < -0.4 is 15.8 Å². The molecule has 4 aromatic rings. The van der Waals surface area contributed by atoms with Gasteiger partial charge in [-0.2, -0.15) is 0 Å². The Hall–Kier alpha value is -4.01. The number of carbonyl (C=O) groups is 1. The SMILES string of the molecule is O=C(N[C@H]1C[C@H](c2cccc(F)c2)N(c2ccc3nccn3n2)C1)c1cc2c([nH]c1=O)CCCC2. The normalized spacial score (nSPS) is 19.6. The van der Waals surface area contributed by atoms with Crippen LogP contribution >= 0.6 is 0 Å². The summed E-state index contributed by atoms with van der Waals surface area (Å²) in [6.07, 6.45) is 7.82. The van der Waals surface area contributed by atoms with E-state index in [0.29, 0.717) is 18.8 Å². The highest BCUT2D eigenvalue weighted by Gasteiger charge is 2.36. The van der Waals surface area contributed by atoms with Gasteiger partial charge in [0.25, 0.3) is 11.5 Å². The molecule has 1 aliphatic carbocycles. The second-order valence-corrected chi connectivity index (χ2v) is 9.27. The number of nitrogens with one attached hydrogen (secondary N) is 2. The van der Waals surface area contributed by atoms with Crippen molar-refractivity contribution in [1.82, 2.24) is 24.9 Å². The Morgan fingerprint density at radius 1 is 1.14 bits per heavy atom. The Bertz CT molecular complexity index is 1480. The standard InChI is InChI=1S/C26H25FN6O2/c27-18-6-3-5-17(12-18)22-14-19(15-32(22)24-9-8-23-28-10-11-33(23)31-24)29-25(34)20-13-16-4-1-2-7-21(16)30-26(20)35/h3,5-6,8-13,19,22H,1-2,4,7,14-15H2,(H,29,34)(H,30,35)/t19-,22+/m0/s1. The van der Waals surface area contributed by atoms with E-state index in [9.17, 15) is 14.0 Å². The number of aromatic nitrogens is 4. The molecule has 9 heteroatoms. The molecule has 1 amide bonds. The van der Waals surface area contributed by atoms with Gasteiger partial charge in [-0.15, -0.1) is 5.10 Å². The molecule has 0 bridgehead atoms. The smallest absolute Gasteiger partial charge is 0.261 e. The van der Waals surface area contributed by atoms with Crippen molar-refractivity contribution in [2.24, 2.45) is 0 Å². The summed E-state index contributed by atoms with van der Waals surface area (Å²) in [5.41, 5.74) is 3.31. The maximum Gasteiger partial charge on any atom is 0.261 e. The maximum absolute atomic E-state index is 14.1. The second-order valence-electron chi connectivity index (χ2n) is 9.27. The van der Waals surface area contributed by atoms with E-state index in [1.165, 1.54) is 12.1 Å². The topological polar surface area (TPSA) is 95.4 Å². The van der Waals surface area contributed by atoms with Crippen molar-refractivity contribution in [2.45, 2.75) is 44.2 Å². The van der Waals surface area contributed by atoms with Gasteiger partial charge in [-0.05, 0) is 73.6 Å². The first-order valence-electron chi connectivity index (χ1n) is 11.9. The van der Waals surface area contributed by atoms with Crippen molar-refractivity contribution in [1.29, 1.82) is 0 Å². The lowest BCUT2D eigenvalue weighted by Crippen LogP contribution is -2.39. The summed E-state index contributed by atoms with van der Waals surface area (Å²) >= 11 is 0. The fourth-order valence-electron chi connectivity index (χ4n) is 5.29. The molecule has 0 radical (unpaired) electrons. The number of amides is 1. The van der Waals surface area contributed by atoms with E-state index in [1.807, 2.05) is 18.2 Å². The molecule has 35 heavy (non-hydrogen) atoms. The quantitative estimate of drug-likeness (QED) is 0.476. The first-order valence-corrected chi connectivity index (χ1v) is 11.9. The van der Waals surface area contributed by atoms with E-state index in [-0.39, 0.29) is 34.9 Å². The molecule has 1 fully saturated rings. The third-order valence-corrected chi connectivity index (χ3v) is 6.99. The summed E-state index contributed by atoms with van der Waals surface area (Å²) in [7, 11) is 0. The Labute approximate surface area is 200 Å². The number of pyridine rings is 1. The zero-order valence-corrected chi connectivity index (χ0v) is 19.1. The summed E-state index contributed by atoms with van der Waals surface area (Å²) in [4.78, 5) is 35.0. The van der Waals surface area contributed by atoms with E-state index < -0.39 is 0 Å². The van der Waals surface area contributed by atoms with Crippen LogP contribution in [0.5, 0.6) is 0 Å². The van der Waals surface area contributed by atoms with Crippen LogP contribution in [-0.2, 0) is 12.8 Å². The minimum absolute atomic E-state index is 0.143. The Morgan fingerprint density at radius 3 is 2.91 bits per heavy atom. The maximum atomic E-state index is 14.1. The third kappa shape index (κ3) is 4.07. The molecule has 0 unspecified atom stereocenters. The summed E-state index contributed by atoms with van der Waals surface area (Å²) in [5.74, 6) is 0.00387. The van der Waals surface area contributed by atoms with Gasteiger partial charge in [-0.1, -0.05) is 12.1 Å². The molecule has 1 aromatic carbocycles. The number of rotatable bonds is 4. The van der Waals surface area contributed by atoms with Crippen molar-refractivity contribution >= 4 is 17.4 Å². The number of fused-ring (bicyclic) bond motifs is 2. The van der Waals surface area contributed by atoms with Crippen LogP contribution in [0, 0.1) is 5.82 Å². The molecule has 6 rings (SSSR count). The molecule has 1 aliphatic heterocycles. The predicted molar refractivity (Wildman–Crippen MR) is 129 cm³/mol. The molecule has 2 aliphatic rings. The van der Waals surface area contributed by atoms with Gasteiger partial charge >= 0.3 is 0 Å². The molecule has 1 saturated heterocycles. The van der Waals surface area contributed by atoms with E-state index in [0.717, 1.165) is 48.2 Å². The van der Waals surface area contributed by atoms with Crippen molar-refractivity contribution in [3.8, 4) is 0 Å². The highest BCUT2D eigenvalue weighted by Crippen LogP contribution is 2.36.